The average Bonchev–Trinajstić information content (AvgIpc) is 3.09. The third-order valence-corrected chi connectivity index (χ3v) is 6.54. The predicted octanol–water partition coefficient (Wildman–Crippen LogP) is 2.95. The van der Waals surface area contributed by atoms with Gasteiger partial charge in [-0.1, -0.05) is 36.4 Å². The van der Waals surface area contributed by atoms with Crippen molar-refractivity contribution in [1.82, 2.24) is 10.3 Å². The lowest BCUT2D eigenvalue weighted by atomic mass is 10.0. The molecule has 0 radical (unpaired) electrons. The standard InChI is InChI=1S/C17H16N2O3S2/c1-12(14-7-6-13-4-2-3-5-15(13)10-14)19-16(20)11-24(21,22)17-18-8-9-23-17/h2-10,12H,11H2,1H3,(H,19,20)/t12-/m1/s1. The number of carbonyl (C=O) groups is 1. The van der Waals surface area contributed by atoms with E-state index in [9.17, 15) is 13.2 Å². The van der Waals surface area contributed by atoms with Crippen LogP contribution < -0.4 is 5.32 Å². The highest BCUT2D eigenvalue weighted by Gasteiger charge is 2.23. The second kappa shape index (κ2) is 6.70. The number of nitrogens with one attached hydrogen (secondary N) is 1. The molecule has 1 aromatic heterocycles. The van der Waals surface area contributed by atoms with Crippen molar-refractivity contribution in [3.63, 3.8) is 0 Å². The maximum absolute atomic E-state index is 12.1. The van der Waals surface area contributed by atoms with E-state index in [2.05, 4.69) is 10.3 Å². The van der Waals surface area contributed by atoms with Crippen LogP contribution in [-0.4, -0.2) is 25.1 Å². The number of carbonyl (C=O) groups excluding carboxylic acids is 1. The first kappa shape index (κ1) is 16.6. The van der Waals surface area contributed by atoms with Gasteiger partial charge in [0.25, 0.3) is 0 Å². The molecule has 0 aliphatic rings. The van der Waals surface area contributed by atoms with E-state index in [1.54, 1.807) is 5.38 Å². The molecular formula is C17H16N2O3S2. The second-order valence-corrected chi connectivity index (χ2v) is 8.51. The highest BCUT2D eigenvalue weighted by molar-refractivity contribution is 7.93. The van der Waals surface area contributed by atoms with Crippen molar-refractivity contribution in [1.29, 1.82) is 0 Å². The monoisotopic (exact) mass is 360 g/mol. The van der Waals surface area contributed by atoms with Gasteiger partial charge >= 0.3 is 0 Å². The van der Waals surface area contributed by atoms with E-state index in [1.165, 1.54) is 6.20 Å². The molecular weight excluding hydrogens is 344 g/mol. The maximum Gasteiger partial charge on any atom is 0.236 e. The van der Waals surface area contributed by atoms with Gasteiger partial charge in [0, 0.05) is 11.6 Å². The van der Waals surface area contributed by atoms with Gasteiger partial charge in [-0.25, -0.2) is 13.4 Å². The van der Waals surface area contributed by atoms with Crippen LogP contribution in [0.25, 0.3) is 10.8 Å². The van der Waals surface area contributed by atoms with Crippen molar-refractivity contribution >= 4 is 37.9 Å². The van der Waals surface area contributed by atoms with Crippen LogP contribution in [0.15, 0.2) is 58.4 Å². The molecule has 3 rings (SSSR count). The normalized spacial score (nSPS) is 12.9. The van der Waals surface area contributed by atoms with Crippen LogP contribution in [0, 0.1) is 0 Å². The van der Waals surface area contributed by atoms with Crippen molar-refractivity contribution in [2.45, 2.75) is 17.3 Å². The lowest BCUT2D eigenvalue weighted by molar-refractivity contribution is -0.119. The molecule has 0 bridgehead atoms. The van der Waals surface area contributed by atoms with E-state index >= 15 is 0 Å². The molecule has 1 amide bonds. The predicted molar refractivity (Wildman–Crippen MR) is 94.7 cm³/mol. The van der Waals surface area contributed by atoms with Crippen molar-refractivity contribution < 1.29 is 13.2 Å². The largest absolute Gasteiger partial charge is 0.349 e. The van der Waals surface area contributed by atoms with Crippen LogP contribution in [0.4, 0.5) is 0 Å². The Morgan fingerprint density at radius 2 is 1.96 bits per heavy atom. The number of sulfone groups is 1. The third kappa shape index (κ3) is 3.63. The molecule has 0 unspecified atom stereocenters. The minimum absolute atomic E-state index is 0.0315. The Hall–Kier alpha value is -2.25. The Morgan fingerprint density at radius 1 is 1.21 bits per heavy atom. The number of benzene rings is 2. The molecule has 2 aromatic carbocycles. The Balaban J connectivity index is 1.71. The lowest BCUT2D eigenvalue weighted by Crippen LogP contribution is -2.32. The Morgan fingerprint density at radius 3 is 2.67 bits per heavy atom. The zero-order valence-electron chi connectivity index (χ0n) is 13.0. The van der Waals surface area contributed by atoms with E-state index in [-0.39, 0.29) is 10.4 Å². The first-order valence-electron chi connectivity index (χ1n) is 7.36. The molecule has 1 atom stereocenters. The van der Waals surface area contributed by atoms with Crippen LogP contribution in [0.2, 0.25) is 0 Å². The van der Waals surface area contributed by atoms with E-state index in [0.29, 0.717) is 0 Å². The first-order chi connectivity index (χ1) is 11.5. The van der Waals surface area contributed by atoms with E-state index in [4.69, 9.17) is 0 Å². The van der Waals surface area contributed by atoms with Crippen molar-refractivity contribution in [2.24, 2.45) is 0 Å². The minimum Gasteiger partial charge on any atom is -0.349 e. The van der Waals surface area contributed by atoms with Crippen LogP contribution >= 0.6 is 11.3 Å². The highest BCUT2D eigenvalue weighted by atomic mass is 32.2. The number of amides is 1. The van der Waals surface area contributed by atoms with Crippen LogP contribution in [-0.2, 0) is 14.6 Å². The summed E-state index contributed by atoms with van der Waals surface area (Å²) < 4.78 is 24.1. The molecule has 7 heteroatoms. The fourth-order valence-electron chi connectivity index (χ4n) is 2.44. The molecule has 1 heterocycles. The van der Waals surface area contributed by atoms with E-state index in [0.717, 1.165) is 27.7 Å². The molecule has 3 aromatic rings. The summed E-state index contributed by atoms with van der Waals surface area (Å²) in [7, 11) is -3.68. The number of aromatic nitrogens is 1. The smallest absolute Gasteiger partial charge is 0.236 e. The van der Waals surface area contributed by atoms with Crippen molar-refractivity contribution in [3.8, 4) is 0 Å². The van der Waals surface area contributed by atoms with Gasteiger partial charge in [0.2, 0.25) is 20.1 Å². The highest BCUT2D eigenvalue weighted by Crippen LogP contribution is 2.20. The Labute approximate surface area is 144 Å². The molecule has 1 N–H and O–H groups in total. The van der Waals surface area contributed by atoms with Gasteiger partial charge in [0.05, 0.1) is 6.04 Å². The van der Waals surface area contributed by atoms with E-state index in [1.807, 2.05) is 49.4 Å². The van der Waals surface area contributed by atoms with Gasteiger partial charge in [-0.3, -0.25) is 4.79 Å². The van der Waals surface area contributed by atoms with Crippen LogP contribution in [0.1, 0.15) is 18.5 Å². The summed E-state index contributed by atoms with van der Waals surface area (Å²) in [5.41, 5.74) is 0.925. The summed E-state index contributed by atoms with van der Waals surface area (Å²) in [6.45, 7) is 1.83. The van der Waals surface area contributed by atoms with Gasteiger partial charge < -0.3 is 5.32 Å². The summed E-state index contributed by atoms with van der Waals surface area (Å²) >= 11 is 1.01. The molecule has 5 nitrogen and oxygen atoms in total. The topological polar surface area (TPSA) is 76.1 Å². The molecule has 0 saturated carbocycles. The van der Waals surface area contributed by atoms with Crippen LogP contribution in [0.5, 0.6) is 0 Å². The zero-order chi connectivity index (χ0) is 17.2. The van der Waals surface area contributed by atoms with Gasteiger partial charge in [-0.2, -0.15) is 0 Å². The number of thiazole rings is 1. The zero-order valence-corrected chi connectivity index (χ0v) is 14.6. The van der Waals surface area contributed by atoms with Gasteiger partial charge in [-0.15, -0.1) is 11.3 Å². The lowest BCUT2D eigenvalue weighted by Gasteiger charge is -2.15. The van der Waals surface area contributed by atoms with Gasteiger partial charge in [-0.05, 0) is 29.3 Å². The first-order valence-corrected chi connectivity index (χ1v) is 9.89. The van der Waals surface area contributed by atoms with Crippen molar-refractivity contribution in [3.05, 3.63) is 59.6 Å². The third-order valence-electron chi connectivity index (χ3n) is 3.65. The summed E-state index contributed by atoms with van der Waals surface area (Å²) in [6.07, 6.45) is 1.41. The minimum atomic E-state index is -3.68. The quantitative estimate of drug-likeness (QED) is 0.759. The molecule has 0 saturated heterocycles. The summed E-state index contributed by atoms with van der Waals surface area (Å²) in [4.78, 5) is 15.9. The number of hydrogen-bond acceptors (Lipinski definition) is 5. The maximum atomic E-state index is 12.1. The summed E-state index contributed by atoms with van der Waals surface area (Å²) in [5.74, 6) is -1.14. The van der Waals surface area contributed by atoms with Crippen molar-refractivity contribution in [2.75, 3.05) is 5.75 Å². The Bertz CT molecular complexity index is 966. The fourth-order valence-corrected chi connectivity index (χ4v) is 4.51. The molecule has 0 spiro atoms. The summed E-state index contributed by atoms with van der Waals surface area (Å²) in [5, 5.41) is 6.50. The molecule has 124 valence electrons. The van der Waals surface area contributed by atoms with Gasteiger partial charge in [0.15, 0.2) is 0 Å². The average molecular weight is 360 g/mol. The van der Waals surface area contributed by atoms with E-state index < -0.39 is 21.5 Å². The number of nitrogens with zero attached hydrogens (tertiary/aromatic N) is 1. The Kier molecular flexibility index (Phi) is 4.64. The fraction of sp³-hybridized carbons (Fsp3) is 0.176. The SMILES string of the molecule is C[C@@H](NC(=O)CS(=O)(=O)c1nccs1)c1ccc2ccccc2c1. The number of fused-ring (bicyclic) bond motifs is 1. The molecule has 0 aliphatic carbocycles. The summed E-state index contributed by atoms with van der Waals surface area (Å²) in [6, 6.07) is 13.6. The molecule has 24 heavy (non-hydrogen) atoms. The van der Waals surface area contributed by atoms with Gasteiger partial charge in [0.1, 0.15) is 5.75 Å². The second-order valence-electron chi connectivity index (χ2n) is 5.45. The number of rotatable bonds is 5. The molecule has 0 fully saturated rings. The molecule has 0 aliphatic heterocycles. The van der Waals surface area contributed by atoms with Crippen LogP contribution in [0.3, 0.4) is 0 Å². The number of hydrogen-bond donors (Lipinski definition) is 1.